The summed E-state index contributed by atoms with van der Waals surface area (Å²) in [5.74, 6) is -1.40. The zero-order valence-electron chi connectivity index (χ0n) is 10.9. The molecule has 2 unspecified atom stereocenters. The van der Waals surface area contributed by atoms with E-state index in [1.165, 1.54) is 36.4 Å². The quantitative estimate of drug-likeness (QED) is 0.842. The molecule has 2 rings (SSSR count). The Morgan fingerprint density at radius 2 is 1.67 bits per heavy atom. The Kier molecular flexibility index (Phi) is 5.32. The number of nitrogens with two attached hydrogens (primary N) is 1. The summed E-state index contributed by atoms with van der Waals surface area (Å²) in [4.78, 5) is 0. The fourth-order valence-corrected chi connectivity index (χ4v) is 3.08. The molecule has 0 amide bonds. The highest BCUT2D eigenvalue weighted by Gasteiger charge is 2.25. The highest BCUT2D eigenvalue weighted by atomic mass is 79.9. The van der Waals surface area contributed by atoms with Gasteiger partial charge in [0.2, 0.25) is 0 Å². The van der Waals surface area contributed by atoms with Gasteiger partial charge in [-0.25, -0.2) is 8.78 Å². The Balaban J connectivity index is 2.40. The van der Waals surface area contributed by atoms with Gasteiger partial charge >= 0.3 is 0 Å². The molecule has 0 heterocycles. The van der Waals surface area contributed by atoms with E-state index in [1.54, 1.807) is 0 Å². The molecule has 0 radical (unpaired) electrons. The third-order valence-electron chi connectivity index (χ3n) is 3.28. The van der Waals surface area contributed by atoms with Gasteiger partial charge in [0.15, 0.2) is 0 Å². The summed E-state index contributed by atoms with van der Waals surface area (Å²) in [7, 11) is 0. The lowest BCUT2D eigenvalue weighted by molar-refractivity contribution is 0.146. The number of halogens is 4. The molecule has 2 aromatic rings. The summed E-state index contributed by atoms with van der Waals surface area (Å²) in [6.45, 7) is 0.107. The van der Waals surface area contributed by atoms with Gasteiger partial charge in [0.05, 0.1) is 6.10 Å². The second-order valence-electron chi connectivity index (χ2n) is 4.62. The number of rotatable bonds is 4. The third kappa shape index (κ3) is 3.61. The van der Waals surface area contributed by atoms with Gasteiger partial charge in [-0.15, -0.1) is 0 Å². The Morgan fingerprint density at radius 3 is 2.19 bits per heavy atom. The van der Waals surface area contributed by atoms with E-state index >= 15 is 0 Å². The maximum Gasteiger partial charge on any atom is 0.124 e. The summed E-state index contributed by atoms with van der Waals surface area (Å²) in [5, 5.41) is 10.7. The first-order valence-corrected chi connectivity index (χ1v) is 7.39. The number of benzene rings is 2. The molecule has 2 aromatic carbocycles. The van der Waals surface area contributed by atoms with E-state index in [1.807, 2.05) is 0 Å². The maximum absolute atomic E-state index is 13.1. The van der Waals surface area contributed by atoms with Gasteiger partial charge < -0.3 is 10.8 Å². The molecular formula is C15H13BrClF2NO. The lowest BCUT2D eigenvalue weighted by Gasteiger charge is -2.24. The molecule has 21 heavy (non-hydrogen) atoms. The topological polar surface area (TPSA) is 46.2 Å². The van der Waals surface area contributed by atoms with Crippen molar-refractivity contribution in [2.75, 3.05) is 6.54 Å². The van der Waals surface area contributed by atoms with Crippen molar-refractivity contribution in [3.05, 3.63) is 68.7 Å². The van der Waals surface area contributed by atoms with Gasteiger partial charge in [0.1, 0.15) is 11.6 Å². The maximum atomic E-state index is 13.1. The Bertz CT molecular complexity index is 654. The van der Waals surface area contributed by atoms with Crippen LogP contribution in [0.4, 0.5) is 8.78 Å². The molecular weight excluding hydrogens is 364 g/mol. The van der Waals surface area contributed by atoms with Gasteiger partial charge in [0, 0.05) is 22.0 Å². The van der Waals surface area contributed by atoms with E-state index in [4.69, 9.17) is 17.3 Å². The molecule has 0 aliphatic heterocycles. The molecule has 0 aromatic heterocycles. The zero-order valence-corrected chi connectivity index (χ0v) is 13.2. The fraction of sp³-hybridized carbons (Fsp3) is 0.200. The van der Waals surface area contributed by atoms with Gasteiger partial charge in [0.25, 0.3) is 0 Å². The zero-order chi connectivity index (χ0) is 15.6. The first-order chi connectivity index (χ1) is 9.93. The van der Waals surface area contributed by atoms with Crippen molar-refractivity contribution in [3.8, 4) is 0 Å². The molecule has 0 aliphatic rings. The molecule has 0 fully saturated rings. The largest absolute Gasteiger partial charge is 0.388 e. The first-order valence-electron chi connectivity index (χ1n) is 6.22. The van der Waals surface area contributed by atoms with Crippen molar-refractivity contribution >= 4 is 27.5 Å². The van der Waals surface area contributed by atoms with E-state index in [0.717, 1.165) is 0 Å². The number of aliphatic hydroxyl groups excluding tert-OH is 1. The van der Waals surface area contributed by atoms with Crippen LogP contribution in [0.2, 0.25) is 5.02 Å². The minimum Gasteiger partial charge on any atom is -0.388 e. The van der Waals surface area contributed by atoms with Crippen LogP contribution in [0.1, 0.15) is 23.1 Å². The van der Waals surface area contributed by atoms with Gasteiger partial charge in [-0.3, -0.25) is 0 Å². The van der Waals surface area contributed by atoms with Crippen LogP contribution in [0.5, 0.6) is 0 Å². The summed E-state index contributed by atoms with van der Waals surface area (Å²) in [5.41, 5.74) is 6.77. The standard InChI is InChI=1S/C15H13BrClF2NO/c16-13-5-8(18)2-4-11(13)15(21)12(7-20)10-3-1-9(19)6-14(10)17/h1-6,12,15,21H,7,20H2. The van der Waals surface area contributed by atoms with Crippen LogP contribution < -0.4 is 5.73 Å². The van der Waals surface area contributed by atoms with Crippen molar-refractivity contribution in [1.82, 2.24) is 0 Å². The molecule has 112 valence electrons. The molecule has 0 saturated heterocycles. The molecule has 0 saturated carbocycles. The molecule has 2 atom stereocenters. The predicted octanol–water partition coefficient (Wildman–Crippen LogP) is 4.16. The van der Waals surface area contributed by atoms with E-state index < -0.39 is 23.7 Å². The third-order valence-corrected chi connectivity index (χ3v) is 4.29. The molecule has 2 nitrogen and oxygen atoms in total. The number of hydrogen-bond acceptors (Lipinski definition) is 2. The Morgan fingerprint density at radius 1 is 1.10 bits per heavy atom. The smallest absolute Gasteiger partial charge is 0.124 e. The average molecular weight is 377 g/mol. The van der Waals surface area contributed by atoms with Crippen LogP contribution in [0.25, 0.3) is 0 Å². The minimum absolute atomic E-state index is 0.107. The van der Waals surface area contributed by atoms with Crippen molar-refractivity contribution in [2.45, 2.75) is 12.0 Å². The van der Waals surface area contributed by atoms with Gasteiger partial charge in [-0.05, 0) is 35.4 Å². The van der Waals surface area contributed by atoms with Crippen LogP contribution in [0.15, 0.2) is 40.9 Å². The van der Waals surface area contributed by atoms with Crippen LogP contribution in [0, 0.1) is 11.6 Å². The van der Waals surface area contributed by atoms with E-state index in [9.17, 15) is 13.9 Å². The summed E-state index contributed by atoms with van der Waals surface area (Å²) in [6, 6.07) is 7.92. The van der Waals surface area contributed by atoms with Crippen LogP contribution in [-0.2, 0) is 0 Å². The van der Waals surface area contributed by atoms with Crippen LogP contribution in [0.3, 0.4) is 0 Å². The monoisotopic (exact) mass is 375 g/mol. The van der Waals surface area contributed by atoms with Crippen molar-refractivity contribution in [3.63, 3.8) is 0 Å². The molecule has 0 bridgehead atoms. The molecule has 0 aliphatic carbocycles. The van der Waals surface area contributed by atoms with Gasteiger partial charge in [-0.2, -0.15) is 0 Å². The average Bonchev–Trinajstić information content (AvgIpc) is 2.41. The second-order valence-corrected chi connectivity index (χ2v) is 5.88. The van der Waals surface area contributed by atoms with E-state index in [2.05, 4.69) is 15.9 Å². The summed E-state index contributed by atoms with van der Waals surface area (Å²) < 4.78 is 26.7. The van der Waals surface area contributed by atoms with E-state index in [-0.39, 0.29) is 11.6 Å². The molecule has 3 N–H and O–H groups in total. The Hall–Kier alpha value is -1.01. The summed E-state index contributed by atoms with van der Waals surface area (Å²) >= 11 is 9.24. The second kappa shape index (κ2) is 6.83. The Labute approximate surface area is 134 Å². The number of aliphatic hydroxyl groups is 1. The lowest BCUT2D eigenvalue weighted by Crippen LogP contribution is -2.21. The van der Waals surface area contributed by atoms with Crippen molar-refractivity contribution in [2.24, 2.45) is 5.73 Å². The van der Waals surface area contributed by atoms with Crippen LogP contribution >= 0.6 is 27.5 Å². The van der Waals surface area contributed by atoms with Crippen molar-refractivity contribution in [1.29, 1.82) is 0 Å². The van der Waals surface area contributed by atoms with Crippen LogP contribution in [-0.4, -0.2) is 11.7 Å². The highest BCUT2D eigenvalue weighted by Crippen LogP contribution is 2.37. The van der Waals surface area contributed by atoms with Gasteiger partial charge in [-0.1, -0.05) is 39.7 Å². The molecule has 0 spiro atoms. The number of hydrogen-bond donors (Lipinski definition) is 2. The lowest BCUT2D eigenvalue weighted by atomic mass is 9.89. The first kappa shape index (κ1) is 16.4. The van der Waals surface area contributed by atoms with E-state index in [0.29, 0.717) is 15.6 Å². The highest BCUT2D eigenvalue weighted by molar-refractivity contribution is 9.10. The predicted molar refractivity (Wildman–Crippen MR) is 82.3 cm³/mol. The fourth-order valence-electron chi connectivity index (χ4n) is 2.19. The minimum atomic E-state index is -0.993. The SMILES string of the molecule is NCC(c1ccc(F)cc1Cl)C(O)c1ccc(F)cc1Br. The van der Waals surface area contributed by atoms with Crippen molar-refractivity contribution < 1.29 is 13.9 Å². The molecule has 6 heteroatoms. The summed E-state index contributed by atoms with van der Waals surface area (Å²) in [6.07, 6.45) is -0.993. The normalized spacial score (nSPS) is 14.0.